The highest BCUT2D eigenvalue weighted by Gasteiger charge is 2.32. The summed E-state index contributed by atoms with van der Waals surface area (Å²) in [5.41, 5.74) is 0.873. The van der Waals surface area contributed by atoms with Gasteiger partial charge in [0.2, 0.25) is 0 Å². The molecule has 0 aliphatic carbocycles. The van der Waals surface area contributed by atoms with Gasteiger partial charge in [-0.3, -0.25) is 0 Å². The highest BCUT2D eigenvalue weighted by Crippen LogP contribution is 2.25. The fourth-order valence-corrected chi connectivity index (χ4v) is 1.85. The van der Waals surface area contributed by atoms with Crippen LogP contribution in [0.25, 0.3) is 0 Å². The molecule has 1 saturated heterocycles. The van der Waals surface area contributed by atoms with Crippen LogP contribution in [0, 0.1) is 11.2 Å². The molecule has 0 bridgehead atoms. The summed E-state index contributed by atoms with van der Waals surface area (Å²) < 4.78 is 23.7. The average Bonchev–Trinajstić information content (AvgIpc) is 2.29. The van der Waals surface area contributed by atoms with E-state index in [0.29, 0.717) is 17.9 Å². The van der Waals surface area contributed by atoms with E-state index in [1.807, 2.05) is 0 Å². The van der Waals surface area contributed by atoms with Crippen molar-refractivity contribution in [2.75, 3.05) is 26.9 Å². The Balaban J connectivity index is 1.86. The first-order valence-corrected chi connectivity index (χ1v) is 5.74. The molecule has 0 radical (unpaired) electrons. The van der Waals surface area contributed by atoms with Gasteiger partial charge in [0.05, 0.1) is 20.3 Å². The number of rotatable bonds is 5. The monoisotopic (exact) mass is 239 g/mol. The Morgan fingerprint density at radius 2 is 2.24 bits per heavy atom. The molecule has 0 unspecified atom stereocenters. The molecule has 17 heavy (non-hydrogen) atoms. The Labute approximate surface area is 101 Å². The van der Waals surface area contributed by atoms with E-state index in [2.05, 4.69) is 12.2 Å². The molecule has 0 spiro atoms. The Hall–Kier alpha value is -1.13. The van der Waals surface area contributed by atoms with E-state index in [1.54, 1.807) is 12.1 Å². The molecule has 0 amide bonds. The standard InChI is InChI=1S/C13H18FNO2/c1-13(8-17-9-13)7-15-6-10-3-4-11(16-2)5-12(10)14/h3-5,15H,6-9H2,1-2H3. The Morgan fingerprint density at radius 3 is 2.76 bits per heavy atom. The predicted molar refractivity (Wildman–Crippen MR) is 63.6 cm³/mol. The number of ether oxygens (including phenoxy) is 2. The zero-order valence-electron chi connectivity index (χ0n) is 10.3. The SMILES string of the molecule is COc1ccc(CNCC2(C)COC2)c(F)c1. The third kappa shape index (κ3) is 2.96. The number of nitrogens with one attached hydrogen (secondary N) is 1. The smallest absolute Gasteiger partial charge is 0.131 e. The van der Waals surface area contributed by atoms with Crippen LogP contribution in [0.4, 0.5) is 4.39 Å². The lowest BCUT2D eigenvalue weighted by atomic mass is 9.89. The largest absolute Gasteiger partial charge is 0.497 e. The van der Waals surface area contributed by atoms with Crippen molar-refractivity contribution < 1.29 is 13.9 Å². The molecule has 1 aromatic rings. The molecule has 4 heteroatoms. The van der Waals surface area contributed by atoms with Crippen LogP contribution in [0.3, 0.4) is 0 Å². The summed E-state index contributed by atoms with van der Waals surface area (Å²) in [7, 11) is 1.53. The van der Waals surface area contributed by atoms with Crippen molar-refractivity contribution in [3.8, 4) is 5.75 Å². The molecule has 0 saturated carbocycles. The third-order valence-electron chi connectivity index (χ3n) is 3.03. The van der Waals surface area contributed by atoms with Crippen molar-refractivity contribution in [3.05, 3.63) is 29.6 Å². The predicted octanol–water partition coefficient (Wildman–Crippen LogP) is 1.96. The maximum atomic E-state index is 13.6. The molecule has 2 rings (SSSR count). The van der Waals surface area contributed by atoms with Gasteiger partial charge in [-0.15, -0.1) is 0 Å². The van der Waals surface area contributed by atoms with Crippen LogP contribution in [0.5, 0.6) is 5.75 Å². The van der Waals surface area contributed by atoms with E-state index in [4.69, 9.17) is 9.47 Å². The van der Waals surface area contributed by atoms with E-state index >= 15 is 0 Å². The highest BCUT2D eigenvalue weighted by molar-refractivity contribution is 5.28. The normalized spacial score (nSPS) is 17.6. The van der Waals surface area contributed by atoms with Crippen molar-refractivity contribution >= 4 is 0 Å². The zero-order valence-corrected chi connectivity index (χ0v) is 10.3. The van der Waals surface area contributed by atoms with Gasteiger partial charge in [0, 0.05) is 30.1 Å². The number of hydrogen-bond donors (Lipinski definition) is 1. The summed E-state index contributed by atoms with van der Waals surface area (Å²) in [6, 6.07) is 4.93. The molecule has 1 heterocycles. The summed E-state index contributed by atoms with van der Waals surface area (Å²) in [6.07, 6.45) is 0. The van der Waals surface area contributed by atoms with Crippen LogP contribution >= 0.6 is 0 Å². The zero-order chi connectivity index (χ0) is 12.3. The van der Waals surface area contributed by atoms with Crippen LogP contribution in [0.1, 0.15) is 12.5 Å². The summed E-state index contributed by atoms with van der Waals surface area (Å²) in [6.45, 7) is 5.11. The first kappa shape index (κ1) is 12.3. The van der Waals surface area contributed by atoms with E-state index in [9.17, 15) is 4.39 Å². The molecule has 3 nitrogen and oxygen atoms in total. The van der Waals surface area contributed by atoms with Gasteiger partial charge in [0.15, 0.2) is 0 Å². The van der Waals surface area contributed by atoms with Crippen molar-refractivity contribution in [1.82, 2.24) is 5.32 Å². The minimum absolute atomic E-state index is 0.211. The fraction of sp³-hybridized carbons (Fsp3) is 0.538. The van der Waals surface area contributed by atoms with Gasteiger partial charge in [-0.1, -0.05) is 13.0 Å². The number of hydrogen-bond acceptors (Lipinski definition) is 3. The van der Waals surface area contributed by atoms with Gasteiger partial charge in [0.25, 0.3) is 0 Å². The number of benzene rings is 1. The first-order chi connectivity index (χ1) is 8.13. The van der Waals surface area contributed by atoms with Gasteiger partial charge < -0.3 is 14.8 Å². The molecule has 1 N–H and O–H groups in total. The van der Waals surface area contributed by atoms with Crippen LogP contribution < -0.4 is 10.1 Å². The molecule has 1 aromatic carbocycles. The van der Waals surface area contributed by atoms with Crippen molar-refractivity contribution in [1.29, 1.82) is 0 Å². The second kappa shape index (κ2) is 5.02. The van der Waals surface area contributed by atoms with E-state index in [-0.39, 0.29) is 11.2 Å². The molecule has 1 fully saturated rings. The summed E-state index contributed by atoms with van der Waals surface area (Å²) >= 11 is 0. The average molecular weight is 239 g/mol. The molecule has 1 aliphatic rings. The van der Waals surface area contributed by atoms with Gasteiger partial charge in [0.1, 0.15) is 11.6 Å². The second-order valence-corrected chi connectivity index (χ2v) is 4.86. The first-order valence-electron chi connectivity index (χ1n) is 5.74. The Morgan fingerprint density at radius 1 is 1.47 bits per heavy atom. The minimum atomic E-state index is -0.230. The number of methoxy groups -OCH3 is 1. The molecule has 0 atom stereocenters. The second-order valence-electron chi connectivity index (χ2n) is 4.86. The quantitative estimate of drug-likeness (QED) is 0.852. The van der Waals surface area contributed by atoms with Gasteiger partial charge in [-0.2, -0.15) is 0 Å². The van der Waals surface area contributed by atoms with E-state index < -0.39 is 0 Å². The Kier molecular flexibility index (Phi) is 3.64. The molecular formula is C13H18FNO2. The van der Waals surface area contributed by atoms with Crippen molar-refractivity contribution in [2.45, 2.75) is 13.5 Å². The van der Waals surface area contributed by atoms with Crippen molar-refractivity contribution in [3.63, 3.8) is 0 Å². The van der Waals surface area contributed by atoms with Crippen molar-refractivity contribution in [2.24, 2.45) is 5.41 Å². The minimum Gasteiger partial charge on any atom is -0.497 e. The van der Waals surface area contributed by atoms with Gasteiger partial charge >= 0.3 is 0 Å². The lowest BCUT2D eigenvalue weighted by Gasteiger charge is -2.38. The number of halogens is 1. The maximum absolute atomic E-state index is 13.6. The highest BCUT2D eigenvalue weighted by atomic mass is 19.1. The summed E-state index contributed by atoms with van der Waals surface area (Å²) in [4.78, 5) is 0. The third-order valence-corrected chi connectivity index (χ3v) is 3.03. The van der Waals surface area contributed by atoms with Gasteiger partial charge in [-0.05, 0) is 6.07 Å². The van der Waals surface area contributed by atoms with Crippen LogP contribution in [-0.2, 0) is 11.3 Å². The van der Waals surface area contributed by atoms with Crippen LogP contribution in [-0.4, -0.2) is 26.9 Å². The maximum Gasteiger partial charge on any atom is 0.131 e. The summed E-state index contributed by atoms with van der Waals surface area (Å²) in [5, 5.41) is 3.26. The molecule has 1 aliphatic heterocycles. The molecule has 0 aromatic heterocycles. The Bertz CT molecular complexity index is 391. The van der Waals surface area contributed by atoms with Crippen LogP contribution in [0.2, 0.25) is 0 Å². The fourth-order valence-electron chi connectivity index (χ4n) is 1.85. The molecular weight excluding hydrogens is 221 g/mol. The lowest BCUT2D eigenvalue weighted by molar-refractivity contribution is -0.0991. The molecule has 94 valence electrons. The lowest BCUT2D eigenvalue weighted by Crippen LogP contribution is -2.47. The van der Waals surface area contributed by atoms with Gasteiger partial charge in [-0.25, -0.2) is 4.39 Å². The topological polar surface area (TPSA) is 30.5 Å². The van der Waals surface area contributed by atoms with Crippen LogP contribution in [0.15, 0.2) is 18.2 Å². The summed E-state index contributed by atoms with van der Waals surface area (Å²) in [5.74, 6) is 0.317. The van der Waals surface area contributed by atoms with E-state index in [1.165, 1.54) is 13.2 Å². The van der Waals surface area contributed by atoms with E-state index in [0.717, 1.165) is 19.8 Å².